The van der Waals surface area contributed by atoms with Crippen LogP contribution in [0.15, 0.2) is 42.6 Å². The molecule has 0 aliphatic carbocycles. The van der Waals surface area contributed by atoms with E-state index in [1.165, 1.54) is 0 Å². The van der Waals surface area contributed by atoms with E-state index >= 15 is 0 Å². The van der Waals surface area contributed by atoms with Crippen molar-refractivity contribution < 1.29 is 19.0 Å². The summed E-state index contributed by atoms with van der Waals surface area (Å²) in [6.45, 7) is 3.60. The van der Waals surface area contributed by atoms with Gasteiger partial charge in [0.25, 0.3) is 0 Å². The first-order valence-corrected chi connectivity index (χ1v) is 8.10. The number of morpholine rings is 1. The van der Waals surface area contributed by atoms with Crippen molar-refractivity contribution in [1.82, 2.24) is 9.88 Å². The highest BCUT2D eigenvalue weighted by atomic mass is 16.5. The number of amides is 2. The summed E-state index contributed by atoms with van der Waals surface area (Å²) in [6, 6.07) is 10.5. The second-order valence-electron chi connectivity index (χ2n) is 5.69. The van der Waals surface area contributed by atoms with Crippen LogP contribution in [-0.4, -0.2) is 48.8 Å². The molecule has 7 nitrogen and oxygen atoms in total. The summed E-state index contributed by atoms with van der Waals surface area (Å²) < 4.78 is 16.4. The van der Waals surface area contributed by atoms with Crippen LogP contribution < -0.4 is 14.8 Å². The molecule has 2 heterocycles. The minimum Gasteiger partial charge on any atom is -0.497 e. The Bertz CT molecular complexity index is 721. The number of methoxy groups -OCH3 is 1. The Balaban J connectivity index is 1.70. The molecule has 1 N–H and O–H groups in total. The number of carbonyl (C=O) groups excluding carboxylic acids is 1. The average molecular weight is 343 g/mol. The predicted octanol–water partition coefficient (Wildman–Crippen LogP) is 3.14. The highest BCUT2D eigenvalue weighted by Gasteiger charge is 2.22. The molecule has 2 aromatic rings. The van der Waals surface area contributed by atoms with E-state index in [9.17, 15) is 4.79 Å². The largest absolute Gasteiger partial charge is 0.497 e. The Morgan fingerprint density at radius 1 is 1.28 bits per heavy atom. The molecular weight excluding hydrogens is 322 g/mol. The number of benzene rings is 1. The first-order chi connectivity index (χ1) is 12.2. The van der Waals surface area contributed by atoms with Crippen LogP contribution in [0.3, 0.4) is 0 Å². The number of rotatable bonds is 4. The van der Waals surface area contributed by atoms with Crippen LogP contribution in [0.2, 0.25) is 0 Å². The van der Waals surface area contributed by atoms with Crippen LogP contribution in [0, 0.1) is 0 Å². The van der Waals surface area contributed by atoms with Gasteiger partial charge in [0.2, 0.25) is 5.88 Å². The van der Waals surface area contributed by atoms with Gasteiger partial charge in [0, 0.05) is 19.3 Å². The molecule has 0 saturated carbocycles. The lowest BCUT2D eigenvalue weighted by atomic mass is 10.3. The van der Waals surface area contributed by atoms with Gasteiger partial charge in [-0.15, -0.1) is 0 Å². The number of hydrogen-bond acceptors (Lipinski definition) is 5. The van der Waals surface area contributed by atoms with Gasteiger partial charge in [0.15, 0.2) is 0 Å². The van der Waals surface area contributed by atoms with Gasteiger partial charge in [-0.1, -0.05) is 0 Å². The zero-order valence-corrected chi connectivity index (χ0v) is 14.3. The van der Waals surface area contributed by atoms with Gasteiger partial charge in [-0.25, -0.2) is 9.78 Å². The third kappa shape index (κ3) is 4.39. The quantitative estimate of drug-likeness (QED) is 0.923. The van der Waals surface area contributed by atoms with E-state index in [0.29, 0.717) is 37.0 Å². The Morgan fingerprint density at radius 3 is 2.76 bits per heavy atom. The molecule has 132 valence electrons. The molecule has 1 fully saturated rings. The molecule has 2 amide bonds. The highest BCUT2D eigenvalue weighted by molar-refractivity contribution is 5.90. The first kappa shape index (κ1) is 17.0. The molecule has 25 heavy (non-hydrogen) atoms. The monoisotopic (exact) mass is 343 g/mol. The Kier molecular flexibility index (Phi) is 5.35. The van der Waals surface area contributed by atoms with Crippen molar-refractivity contribution in [3.63, 3.8) is 0 Å². The molecule has 1 aromatic heterocycles. The SMILES string of the molecule is COc1ccc(Oc2ncccc2NC(=O)N2CCO[C@@H](C)C2)cc1. The summed E-state index contributed by atoms with van der Waals surface area (Å²) in [4.78, 5) is 18.4. The number of urea groups is 1. The number of carbonyl (C=O) groups is 1. The fourth-order valence-electron chi connectivity index (χ4n) is 2.52. The Labute approximate surface area is 146 Å². The highest BCUT2D eigenvalue weighted by Crippen LogP contribution is 2.28. The second-order valence-corrected chi connectivity index (χ2v) is 5.69. The lowest BCUT2D eigenvalue weighted by Gasteiger charge is -2.31. The number of ether oxygens (including phenoxy) is 3. The fraction of sp³-hybridized carbons (Fsp3) is 0.333. The first-order valence-electron chi connectivity index (χ1n) is 8.10. The van der Waals surface area contributed by atoms with E-state index in [2.05, 4.69) is 10.3 Å². The van der Waals surface area contributed by atoms with Crippen molar-refractivity contribution >= 4 is 11.7 Å². The van der Waals surface area contributed by atoms with E-state index in [4.69, 9.17) is 14.2 Å². The smallest absolute Gasteiger partial charge is 0.322 e. The van der Waals surface area contributed by atoms with Crippen LogP contribution in [0.1, 0.15) is 6.92 Å². The van der Waals surface area contributed by atoms with Crippen molar-refractivity contribution in [2.24, 2.45) is 0 Å². The molecule has 0 radical (unpaired) electrons. The lowest BCUT2D eigenvalue weighted by molar-refractivity contribution is -0.00139. The van der Waals surface area contributed by atoms with Gasteiger partial charge in [0.1, 0.15) is 17.2 Å². The van der Waals surface area contributed by atoms with E-state index in [1.807, 2.05) is 6.92 Å². The van der Waals surface area contributed by atoms with Gasteiger partial charge in [0.05, 0.1) is 19.8 Å². The zero-order chi connectivity index (χ0) is 17.6. The molecule has 0 spiro atoms. The van der Waals surface area contributed by atoms with E-state index in [-0.39, 0.29) is 12.1 Å². The minimum absolute atomic E-state index is 0.0309. The van der Waals surface area contributed by atoms with E-state index < -0.39 is 0 Å². The van der Waals surface area contributed by atoms with Crippen LogP contribution in [0.5, 0.6) is 17.4 Å². The third-order valence-corrected chi connectivity index (χ3v) is 3.82. The molecule has 7 heteroatoms. The molecule has 1 saturated heterocycles. The standard InChI is InChI=1S/C18H21N3O4/c1-13-12-21(10-11-24-13)18(22)20-16-4-3-9-19-17(16)25-15-7-5-14(23-2)6-8-15/h3-9,13H,10-12H2,1-2H3,(H,20,22)/t13-/m0/s1. The van der Waals surface area contributed by atoms with Crippen LogP contribution in [0.25, 0.3) is 0 Å². The number of anilines is 1. The normalized spacial score (nSPS) is 17.0. The molecular formula is C18H21N3O4. The summed E-state index contributed by atoms with van der Waals surface area (Å²) in [5, 5.41) is 2.86. The van der Waals surface area contributed by atoms with Crippen LogP contribution in [-0.2, 0) is 4.74 Å². The lowest BCUT2D eigenvalue weighted by Crippen LogP contribution is -2.46. The summed E-state index contributed by atoms with van der Waals surface area (Å²) in [5.74, 6) is 1.68. The summed E-state index contributed by atoms with van der Waals surface area (Å²) in [6.07, 6.45) is 1.65. The van der Waals surface area contributed by atoms with Gasteiger partial charge >= 0.3 is 6.03 Å². The van der Waals surface area contributed by atoms with Gasteiger partial charge < -0.3 is 24.4 Å². The maximum Gasteiger partial charge on any atom is 0.322 e. The van der Waals surface area contributed by atoms with Gasteiger partial charge in [-0.3, -0.25) is 0 Å². The fourth-order valence-corrected chi connectivity index (χ4v) is 2.52. The van der Waals surface area contributed by atoms with Gasteiger partial charge in [-0.05, 0) is 43.3 Å². The Morgan fingerprint density at radius 2 is 2.04 bits per heavy atom. The van der Waals surface area contributed by atoms with Gasteiger partial charge in [-0.2, -0.15) is 0 Å². The molecule has 1 aromatic carbocycles. The van der Waals surface area contributed by atoms with Crippen molar-refractivity contribution in [2.45, 2.75) is 13.0 Å². The number of pyridine rings is 1. The molecule has 1 aliphatic heterocycles. The second kappa shape index (κ2) is 7.85. The minimum atomic E-state index is -0.192. The maximum absolute atomic E-state index is 12.5. The molecule has 3 rings (SSSR count). The van der Waals surface area contributed by atoms with E-state index in [1.54, 1.807) is 54.6 Å². The molecule has 0 bridgehead atoms. The number of aromatic nitrogens is 1. The van der Waals surface area contributed by atoms with Crippen LogP contribution in [0.4, 0.5) is 10.5 Å². The van der Waals surface area contributed by atoms with Crippen molar-refractivity contribution in [1.29, 1.82) is 0 Å². The summed E-state index contributed by atoms with van der Waals surface area (Å²) >= 11 is 0. The molecule has 1 atom stereocenters. The maximum atomic E-state index is 12.5. The summed E-state index contributed by atoms with van der Waals surface area (Å²) in [5.41, 5.74) is 0.516. The Hall–Kier alpha value is -2.80. The number of nitrogens with one attached hydrogen (secondary N) is 1. The summed E-state index contributed by atoms with van der Waals surface area (Å²) in [7, 11) is 1.61. The van der Waals surface area contributed by atoms with Crippen molar-refractivity contribution in [2.75, 3.05) is 32.1 Å². The average Bonchev–Trinajstić information content (AvgIpc) is 2.64. The zero-order valence-electron chi connectivity index (χ0n) is 14.3. The van der Waals surface area contributed by atoms with Crippen molar-refractivity contribution in [3.8, 4) is 17.4 Å². The predicted molar refractivity (Wildman–Crippen MR) is 93.3 cm³/mol. The molecule has 1 aliphatic rings. The van der Waals surface area contributed by atoms with Crippen molar-refractivity contribution in [3.05, 3.63) is 42.6 Å². The van der Waals surface area contributed by atoms with Crippen LogP contribution >= 0.6 is 0 Å². The number of hydrogen-bond donors (Lipinski definition) is 1. The number of nitrogens with zero attached hydrogens (tertiary/aromatic N) is 2. The van der Waals surface area contributed by atoms with E-state index in [0.717, 1.165) is 5.75 Å². The third-order valence-electron chi connectivity index (χ3n) is 3.82. The topological polar surface area (TPSA) is 72.9 Å². The molecule has 0 unspecified atom stereocenters.